The summed E-state index contributed by atoms with van der Waals surface area (Å²) in [5.74, 6) is 1.91. The van der Waals surface area contributed by atoms with Crippen LogP contribution in [0, 0.1) is 5.92 Å². The molecule has 1 aliphatic rings. The Kier molecular flexibility index (Phi) is 4.90. The minimum Gasteiger partial charge on any atom is -0.497 e. The van der Waals surface area contributed by atoms with E-state index >= 15 is 0 Å². The van der Waals surface area contributed by atoms with Gasteiger partial charge in [-0.15, -0.1) is 5.10 Å². The standard InChI is InChI=1S/C23H25N3O2/c1-4-16-7-5-6-8-19(16)24-23-22-20(13-15(2)14-21(22)27)26(25-23)17-9-11-18(28-3)12-10-17/h5-12,15H,4,13-14H2,1-3H3,(H,24,25)/t15-/m0/s1. The summed E-state index contributed by atoms with van der Waals surface area (Å²) in [6.07, 6.45) is 2.30. The van der Waals surface area contributed by atoms with Crippen LogP contribution in [0.4, 0.5) is 11.5 Å². The number of anilines is 2. The van der Waals surface area contributed by atoms with Crippen LogP contribution in [0.5, 0.6) is 5.75 Å². The number of nitrogens with zero attached hydrogens (tertiary/aromatic N) is 2. The first-order valence-corrected chi connectivity index (χ1v) is 9.75. The quantitative estimate of drug-likeness (QED) is 0.685. The second kappa shape index (κ2) is 7.50. The molecular formula is C23H25N3O2. The number of ketones is 1. The Balaban J connectivity index is 1.82. The number of carbonyl (C=O) groups excluding carboxylic acids is 1. The summed E-state index contributed by atoms with van der Waals surface area (Å²) in [5.41, 5.74) is 4.83. The van der Waals surface area contributed by atoms with Crippen molar-refractivity contribution < 1.29 is 9.53 Å². The van der Waals surface area contributed by atoms with E-state index in [4.69, 9.17) is 9.84 Å². The lowest BCUT2D eigenvalue weighted by Gasteiger charge is -2.19. The van der Waals surface area contributed by atoms with E-state index in [2.05, 4.69) is 25.2 Å². The molecule has 144 valence electrons. The number of fused-ring (bicyclic) bond motifs is 1. The molecule has 4 rings (SSSR count). The van der Waals surface area contributed by atoms with Crippen molar-refractivity contribution in [1.82, 2.24) is 9.78 Å². The number of Topliss-reactive ketones (excluding diaryl/α,β-unsaturated/α-hetero) is 1. The van der Waals surface area contributed by atoms with E-state index in [1.54, 1.807) is 7.11 Å². The minimum absolute atomic E-state index is 0.157. The Bertz CT molecular complexity index is 1010. The monoisotopic (exact) mass is 375 g/mol. The molecule has 5 nitrogen and oxygen atoms in total. The molecule has 1 N–H and O–H groups in total. The zero-order valence-corrected chi connectivity index (χ0v) is 16.5. The molecule has 0 saturated carbocycles. The van der Waals surface area contributed by atoms with Crippen LogP contribution in [-0.4, -0.2) is 22.7 Å². The molecule has 0 radical (unpaired) electrons. The highest BCUT2D eigenvalue weighted by atomic mass is 16.5. The molecule has 0 amide bonds. The van der Waals surface area contributed by atoms with Gasteiger partial charge in [-0.1, -0.05) is 32.0 Å². The first kappa shape index (κ1) is 18.3. The fourth-order valence-electron chi connectivity index (χ4n) is 3.86. The average Bonchev–Trinajstić information content (AvgIpc) is 3.06. The number of aryl methyl sites for hydroxylation is 1. The molecule has 1 aromatic heterocycles. The number of nitrogens with one attached hydrogen (secondary N) is 1. The molecule has 0 saturated heterocycles. The summed E-state index contributed by atoms with van der Waals surface area (Å²) >= 11 is 0. The lowest BCUT2D eigenvalue weighted by Crippen LogP contribution is -2.19. The maximum absolute atomic E-state index is 12.9. The Morgan fingerprint density at radius 2 is 1.89 bits per heavy atom. The topological polar surface area (TPSA) is 56.1 Å². The Morgan fingerprint density at radius 1 is 1.14 bits per heavy atom. The number of hydrogen-bond acceptors (Lipinski definition) is 4. The molecule has 1 atom stereocenters. The van der Waals surface area contributed by atoms with Crippen molar-refractivity contribution in [3.63, 3.8) is 0 Å². The lowest BCUT2D eigenvalue weighted by atomic mass is 9.87. The van der Waals surface area contributed by atoms with Gasteiger partial charge in [0.25, 0.3) is 0 Å². The molecule has 0 unspecified atom stereocenters. The molecule has 28 heavy (non-hydrogen) atoms. The lowest BCUT2D eigenvalue weighted by molar-refractivity contribution is 0.0953. The first-order chi connectivity index (χ1) is 13.6. The van der Waals surface area contributed by atoms with Crippen molar-refractivity contribution in [2.75, 3.05) is 12.4 Å². The van der Waals surface area contributed by atoms with E-state index < -0.39 is 0 Å². The molecule has 2 aromatic carbocycles. The SMILES string of the molecule is CCc1ccccc1Nc1nn(-c2ccc(OC)cc2)c2c1C(=O)C[C@@H](C)C2. The van der Waals surface area contributed by atoms with Crippen molar-refractivity contribution in [2.24, 2.45) is 5.92 Å². The maximum Gasteiger partial charge on any atom is 0.168 e. The van der Waals surface area contributed by atoms with Gasteiger partial charge in [0.2, 0.25) is 0 Å². The number of ether oxygens (including phenoxy) is 1. The van der Waals surface area contributed by atoms with E-state index in [1.165, 1.54) is 5.56 Å². The highest BCUT2D eigenvalue weighted by Crippen LogP contribution is 2.34. The summed E-state index contributed by atoms with van der Waals surface area (Å²) in [7, 11) is 1.65. The van der Waals surface area contributed by atoms with Gasteiger partial charge in [0.15, 0.2) is 11.6 Å². The molecule has 5 heteroatoms. The summed E-state index contributed by atoms with van der Waals surface area (Å²) in [5, 5.41) is 8.25. The molecule has 1 heterocycles. The van der Waals surface area contributed by atoms with E-state index in [1.807, 2.05) is 47.1 Å². The van der Waals surface area contributed by atoms with Crippen LogP contribution < -0.4 is 10.1 Å². The molecule has 0 aliphatic heterocycles. The smallest absolute Gasteiger partial charge is 0.168 e. The largest absolute Gasteiger partial charge is 0.497 e. The minimum atomic E-state index is 0.157. The van der Waals surface area contributed by atoms with Crippen molar-refractivity contribution in [1.29, 1.82) is 0 Å². The Morgan fingerprint density at radius 3 is 2.61 bits per heavy atom. The van der Waals surface area contributed by atoms with Gasteiger partial charge in [-0.05, 0) is 54.7 Å². The number of aromatic nitrogens is 2. The third kappa shape index (κ3) is 3.28. The van der Waals surface area contributed by atoms with Gasteiger partial charge in [0.05, 0.1) is 24.1 Å². The molecule has 3 aromatic rings. The summed E-state index contributed by atoms with van der Waals surface area (Å²) in [6.45, 7) is 4.24. The van der Waals surface area contributed by atoms with Gasteiger partial charge in [-0.2, -0.15) is 0 Å². The predicted molar refractivity (Wildman–Crippen MR) is 111 cm³/mol. The highest BCUT2D eigenvalue weighted by molar-refractivity contribution is 6.03. The number of rotatable bonds is 5. The number of methoxy groups -OCH3 is 1. The van der Waals surface area contributed by atoms with Crippen molar-refractivity contribution in [2.45, 2.75) is 33.1 Å². The van der Waals surface area contributed by atoms with E-state index in [0.717, 1.165) is 41.2 Å². The fourth-order valence-corrected chi connectivity index (χ4v) is 3.86. The second-order valence-corrected chi connectivity index (χ2v) is 7.35. The zero-order chi connectivity index (χ0) is 19.7. The highest BCUT2D eigenvalue weighted by Gasteiger charge is 2.31. The second-order valence-electron chi connectivity index (χ2n) is 7.35. The van der Waals surface area contributed by atoms with Gasteiger partial charge in [-0.25, -0.2) is 4.68 Å². The molecule has 0 fully saturated rings. The Labute approximate surface area is 165 Å². The van der Waals surface area contributed by atoms with Gasteiger partial charge in [-0.3, -0.25) is 4.79 Å². The normalized spacial score (nSPS) is 16.0. The van der Waals surface area contributed by atoms with E-state index in [-0.39, 0.29) is 5.78 Å². The number of para-hydroxylation sites is 1. The Hall–Kier alpha value is -3.08. The third-order valence-corrected chi connectivity index (χ3v) is 5.30. The third-order valence-electron chi connectivity index (χ3n) is 5.30. The molecule has 0 spiro atoms. The molecular weight excluding hydrogens is 350 g/mol. The van der Waals surface area contributed by atoms with Crippen LogP contribution in [0.1, 0.15) is 41.9 Å². The predicted octanol–water partition coefficient (Wildman–Crippen LogP) is 4.95. The fraction of sp³-hybridized carbons (Fsp3) is 0.304. The van der Waals surface area contributed by atoms with Crippen LogP contribution in [0.2, 0.25) is 0 Å². The first-order valence-electron chi connectivity index (χ1n) is 9.75. The van der Waals surface area contributed by atoms with Crippen molar-refractivity contribution in [3.8, 4) is 11.4 Å². The van der Waals surface area contributed by atoms with Crippen LogP contribution in [-0.2, 0) is 12.8 Å². The number of benzene rings is 2. The zero-order valence-electron chi connectivity index (χ0n) is 16.5. The van der Waals surface area contributed by atoms with Crippen LogP contribution in [0.25, 0.3) is 5.69 Å². The van der Waals surface area contributed by atoms with Crippen LogP contribution in [0.15, 0.2) is 48.5 Å². The van der Waals surface area contributed by atoms with E-state index in [0.29, 0.717) is 18.2 Å². The van der Waals surface area contributed by atoms with Gasteiger partial charge in [0, 0.05) is 12.1 Å². The summed E-state index contributed by atoms with van der Waals surface area (Å²) < 4.78 is 7.17. The van der Waals surface area contributed by atoms with Crippen LogP contribution >= 0.6 is 0 Å². The molecule has 0 bridgehead atoms. The van der Waals surface area contributed by atoms with Crippen molar-refractivity contribution >= 4 is 17.3 Å². The van der Waals surface area contributed by atoms with Gasteiger partial charge >= 0.3 is 0 Å². The summed E-state index contributed by atoms with van der Waals surface area (Å²) in [4.78, 5) is 12.9. The van der Waals surface area contributed by atoms with Gasteiger partial charge < -0.3 is 10.1 Å². The summed E-state index contributed by atoms with van der Waals surface area (Å²) in [6, 6.07) is 15.9. The van der Waals surface area contributed by atoms with Crippen LogP contribution in [0.3, 0.4) is 0 Å². The van der Waals surface area contributed by atoms with Crippen molar-refractivity contribution in [3.05, 3.63) is 65.4 Å². The number of carbonyl (C=O) groups is 1. The molecule has 1 aliphatic carbocycles. The van der Waals surface area contributed by atoms with Gasteiger partial charge in [0.1, 0.15) is 5.75 Å². The average molecular weight is 375 g/mol. The van der Waals surface area contributed by atoms with E-state index in [9.17, 15) is 4.79 Å². The maximum atomic E-state index is 12.9. The number of hydrogen-bond donors (Lipinski definition) is 1.